The summed E-state index contributed by atoms with van der Waals surface area (Å²) in [4.78, 5) is 0. The van der Waals surface area contributed by atoms with Gasteiger partial charge < -0.3 is 9.84 Å². The highest BCUT2D eigenvalue weighted by molar-refractivity contribution is 5.40. The quantitative estimate of drug-likeness (QED) is 0.650. The van der Waals surface area contributed by atoms with Gasteiger partial charge in [-0.2, -0.15) is 0 Å². The Bertz CT molecular complexity index is 874. The monoisotopic (exact) mass is 356 g/mol. The number of methoxy groups -OCH3 is 1. The fourth-order valence-corrected chi connectivity index (χ4v) is 3.17. The van der Waals surface area contributed by atoms with Crippen LogP contribution in [0.5, 0.6) is 5.75 Å². The molecule has 0 aliphatic heterocycles. The van der Waals surface area contributed by atoms with Crippen molar-refractivity contribution in [3.63, 3.8) is 0 Å². The predicted molar refractivity (Wildman–Crippen MR) is 110 cm³/mol. The topological polar surface area (TPSA) is 29.5 Å². The summed E-state index contributed by atoms with van der Waals surface area (Å²) in [6.07, 6.45) is 0.775. The van der Waals surface area contributed by atoms with Crippen LogP contribution in [0.4, 0.5) is 0 Å². The molecule has 0 amide bonds. The Morgan fingerprint density at radius 3 is 2.07 bits per heavy atom. The summed E-state index contributed by atoms with van der Waals surface area (Å²) in [5, 5.41) is 10.1. The van der Waals surface area contributed by atoms with Crippen molar-refractivity contribution in [2.75, 3.05) is 13.7 Å². The second kappa shape index (κ2) is 9.62. The minimum atomic E-state index is -0.0682. The normalized spacial score (nSPS) is 12.5. The van der Waals surface area contributed by atoms with Crippen LogP contribution in [0, 0.1) is 17.8 Å². The largest absolute Gasteiger partial charge is 0.497 e. The highest BCUT2D eigenvalue weighted by atomic mass is 16.5. The number of benzene rings is 3. The third-order valence-corrected chi connectivity index (χ3v) is 4.67. The molecule has 0 aromatic heterocycles. The molecule has 0 fully saturated rings. The summed E-state index contributed by atoms with van der Waals surface area (Å²) in [5.74, 6) is 7.45. The first kappa shape index (κ1) is 18.8. The van der Waals surface area contributed by atoms with Crippen molar-refractivity contribution in [1.82, 2.24) is 0 Å². The molecule has 3 rings (SSSR count). The molecule has 2 atom stereocenters. The van der Waals surface area contributed by atoms with E-state index in [1.807, 2.05) is 72.8 Å². The lowest BCUT2D eigenvalue weighted by molar-refractivity contribution is 0.216. The van der Waals surface area contributed by atoms with Gasteiger partial charge in [-0.05, 0) is 41.8 Å². The van der Waals surface area contributed by atoms with Gasteiger partial charge in [0.15, 0.2) is 0 Å². The Labute approximate surface area is 161 Å². The molecular formula is C25H24O2. The number of aliphatic hydroxyl groups excluding tert-OH is 1. The smallest absolute Gasteiger partial charge is 0.118 e. The molecule has 0 heterocycles. The van der Waals surface area contributed by atoms with E-state index < -0.39 is 0 Å². The van der Waals surface area contributed by atoms with Crippen molar-refractivity contribution in [3.05, 3.63) is 102 Å². The summed E-state index contributed by atoms with van der Waals surface area (Å²) in [6, 6.07) is 28.2. The maximum absolute atomic E-state index is 10.1. The zero-order chi connectivity index (χ0) is 18.9. The first-order valence-corrected chi connectivity index (χ1v) is 9.15. The van der Waals surface area contributed by atoms with E-state index in [0.717, 1.165) is 23.3 Å². The first-order chi connectivity index (χ1) is 13.3. The van der Waals surface area contributed by atoms with Gasteiger partial charge in [0.05, 0.1) is 13.0 Å². The van der Waals surface area contributed by atoms with Gasteiger partial charge in [-0.25, -0.2) is 0 Å². The Morgan fingerprint density at radius 2 is 1.48 bits per heavy atom. The Balaban J connectivity index is 1.93. The van der Waals surface area contributed by atoms with Gasteiger partial charge in [-0.15, -0.1) is 0 Å². The van der Waals surface area contributed by atoms with Crippen molar-refractivity contribution in [1.29, 1.82) is 0 Å². The third-order valence-electron chi connectivity index (χ3n) is 4.67. The molecule has 0 spiro atoms. The zero-order valence-corrected chi connectivity index (χ0v) is 15.5. The minimum Gasteiger partial charge on any atom is -0.497 e. The van der Waals surface area contributed by atoms with Crippen LogP contribution in [0.25, 0.3) is 0 Å². The molecule has 0 bridgehead atoms. The van der Waals surface area contributed by atoms with E-state index in [2.05, 4.69) is 24.0 Å². The first-order valence-electron chi connectivity index (χ1n) is 9.15. The highest BCUT2D eigenvalue weighted by Gasteiger charge is 2.21. The van der Waals surface area contributed by atoms with E-state index in [0.29, 0.717) is 0 Å². The molecular weight excluding hydrogens is 332 g/mol. The van der Waals surface area contributed by atoms with Crippen molar-refractivity contribution in [3.8, 4) is 17.6 Å². The van der Waals surface area contributed by atoms with Crippen LogP contribution in [-0.4, -0.2) is 18.8 Å². The van der Waals surface area contributed by atoms with Gasteiger partial charge in [0.25, 0.3) is 0 Å². The molecule has 0 radical (unpaired) electrons. The number of rotatable bonds is 6. The molecule has 3 aromatic carbocycles. The second-order valence-electron chi connectivity index (χ2n) is 6.52. The summed E-state index contributed by atoms with van der Waals surface area (Å²) in [5.41, 5.74) is 3.28. The Hall–Kier alpha value is -3.02. The molecule has 136 valence electrons. The second-order valence-corrected chi connectivity index (χ2v) is 6.52. The minimum absolute atomic E-state index is 0.0111. The van der Waals surface area contributed by atoms with Crippen molar-refractivity contribution < 1.29 is 9.84 Å². The summed E-state index contributed by atoms with van der Waals surface area (Å²) in [7, 11) is 1.66. The van der Waals surface area contributed by atoms with Crippen molar-refractivity contribution in [2.24, 2.45) is 5.92 Å². The summed E-state index contributed by atoms with van der Waals surface area (Å²) < 4.78 is 5.28. The SMILES string of the molecule is COc1ccc([C@@H](C#Cc2ccccc2)[C@H](CO)Cc2ccccc2)cc1. The average Bonchev–Trinajstić information content (AvgIpc) is 2.75. The van der Waals surface area contributed by atoms with Crippen LogP contribution in [0.1, 0.15) is 22.6 Å². The molecule has 0 saturated carbocycles. The molecule has 3 aromatic rings. The van der Waals surface area contributed by atoms with Gasteiger partial charge in [0.1, 0.15) is 5.75 Å². The molecule has 0 aliphatic carbocycles. The standard InChI is InChI=1S/C25H24O2/c1-27-24-15-13-22(14-16-24)25(17-12-20-8-4-2-5-9-20)23(19-26)18-21-10-6-3-7-11-21/h2-11,13-16,23,25-26H,18-19H2,1H3/t23-,25+/m0/s1. The van der Waals surface area contributed by atoms with E-state index in [-0.39, 0.29) is 18.4 Å². The van der Waals surface area contributed by atoms with Crippen molar-refractivity contribution >= 4 is 0 Å². The van der Waals surface area contributed by atoms with Crippen LogP contribution < -0.4 is 4.74 Å². The van der Waals surface area contributed by atoms with Crippen LogP contribution in [-0.2, 0) is 6.42 Å². The van der Waals surface area contributed by atoms with E-state index in [4.69, 9.17) is 4.74 Å². The molecule has 0 saturated heterocycles. The predicted octanol–water partition coefficient (Wildman–Crippen LogP) is 4.68. The number of aliphatic hydroxyl groups is 1. The van der Waals surface area contributed by atoms with Gasteiger partial charge in [-0.3, -0.25) is 0 Å². The lowest BCUT2D eigenvalue weighted by Gasteiger charge is -2.22. The molecule has 1 N–H and O–H groups in total. The fourth-order valence-electron chi connectivity index (χ4n) is 3.17. The summed E-state index contributed by atoms with van der Waals surface area (Å²) >= 11 is 0. The molecule has 0 unspecified atom stereocenters. The number of hydrogen-bond donors (Lipinski definition) is 1. The van der Waals surface area contributed by atoms with Gasteiger partial charge in [0.2, 0.25) is 0 Å². The van der Waals surface area contributed by atoms with Crippen LogP contribution in [0.2, 0.25) is 0 Å². The Morgan fingerprint density at radius 1 is 0.852 bits per heavy atom. The average molecular weight is 356 g/mol. The molecule has 0 aliphatic rings. The number of ether oxygens (including phenoxy) is 1. The fraction of sp³-hybridized carbons (Fsp3) is 0.200. The molecule has 2 heteroatoms. The van der Waals surface area contributed by atoms with E-state index >= 15 is 0 Å². The molecule has 2 nitrogen and oxygen atoms in total. The van der Waals surface area contributed by atoms with Crippen molar-refractivity contribution in [2.45, 2.75) is 12.3 Å². The maximum Gasteiger partial charge on any atom is 0.118 e. The van der Waals surface area contributed by atoms with Crippen LogP contribution in [0.15, 0.2) is 84.9 Å². The van der Waals surface area contributed by atoms with E-state index in [9.17, 15) is 5.11 Å². The highest BCUT2D eigenvalue weighted by Crippen LogP contribution is 2.29. The van der Waals surface area contributed by atoms with Gasteiger partial charge in [0, 0.05) is 18.1 Å². The van der Waals surface area contributed by atoms with E-state index in [1.54, 1.807) is 7.11 Å². The Kier molecular flexibility index (Phi) is 6.68. The third kappa shape index (κ3) is 5.23. The van der Waals surface area contributed by atoms with Crippen LogP contribution >= 0.6 is 0 Å². The van der Waals surface area contributed by atoms with Crippen LogP contribution in [0.3, 0.4) is 0 Å². The lowest BCUT2D eigenvalue weighted by atomic mass is 9.82. The summed E-state index contributed by atoms with van der Waals surface area (Å²) in [6.45, 7) is 0.0784. The number of hydrogen-bond acceptors (Lipinski definition) is 2. The van der Waals surface area contributed by atoms with Gasteiger partial charge >= 0.3 is 0 Å². The zero-order valence-electron chi connectivity index (χ0n) is 15.5. The van der Waals surface area contributed by atoms with Gasteiger partial charge in [-0.1, -0.05) is 72.5 Å². The van der Waals surface area contributed by atoms with E-state index in [1.165, 1.54) is 5.56 Å². The maximum atomic E-state index is 10.1. The lowest BCUT2D eigenvalue weighted by Crippen LogP contribution is -2.18. The molecule has 27 heavy (non-hydrogen) atoms.